The lowest BCUT2D eigenvalue weighted by Crippen LogP contribution is -2.49. The van der Waals surface area contributed by atoms with Crippen molar-refractivity contribution in [1.82, 2.24) is 15.6 Å². The molecule has 0 atom stereocenters. The van der Waals surface area contributed by atoms with Gasteiger partial charge in [0.15, 0.2) is 0 Å². The van der Waals surface area contributed by atoms with Gasteiger partial charge >= 0.3 is 5.97 Å². The molecule has 10 heteroatoms. The van der Waals surface area contributed by atoms with Crippen LogP contribution in [-0.4, -0.2) is 60.5 Å². The molecule has 33 heavy (non-hydrogen) atoms. The molecule has 8 nitrogen and oxygen atoms in total. The van der Waals surface area contributed by atoms with Gasteiger partial charge in [-0.15, -0.1) is 22.9 Å². The highest BCUT2D eigenvalue weighted by Gasteiger charge is 2.29. The summed E-state index contributed by atoms with van der Waals surface area (Å²) in [5, 5.41) is 2.71. The normalized spacial score (nSPS) is 13.1. The highest BCUT2D eigenvalue weighted by Crippen LogP contribution is 2.30. The third-order valence-corrected chi connectivity index (χ3v) is 6.23. The molecule has 3 heterocycles. The zero-order valence-electron chi connectivity index (χ0n) is 19.0. The lowest BCUT2D eigenvalue weighted by molar-refractivity contribution is 0.0523. The standard InChI is InChI=1S/C22H23N3O4S.CH3Cl.H3N/c1-3-29-22(28)18-19(15-7-4-5-8-16(15)23(2)21(18)27)24-10-12-25(13-11-24)20(26)17-9-6-14-30-17;1-2;/h4-9,14H,3,10-13H2,1-2H3;1H3;1H3. The quantitative estimate of drug-likeness (QED) is 0.439. The third kappa shape index (κ3) is 5.21. The number of esters is 1. The van der Waals surface area contributed by atoms with E-state index in [1.54, 1.807) is 14.0 Å². The Bertz CT molecular complexity index is 1160. The van der Waals surface area contributed by atoms with E-state index < -0.39 is 5.97 Å². The summed E-state index contributed by atoms with van der Waals surface area (Å²) < 4.78 is 6.70. The van der Waals surface area contributed by atoms with Gasteiger partial charge < -0.3 is 25.3 Å². The van der Waals surface area contributed by atoms with E-state index in [2.05, 4.69) is 11.6 Å². The van der Waals surface area contributed by atoms with Crippen LogP contribution < -0.4 is 16.6 Å². The fourth-order valence-corrected chi connectivity index (χ4v) is 4.58. The maximum atomic E-state index is 13.1. The number of ether oxygens (including phenoxy) is 1. The number of carbonyl (C=O) groups is 2. The number of nitrogens with zero attached hydrogens (tertiary/aromatic N) is 3. The molecule has 0 unspecified atom stereocenters. The minimum atomic E-state index is -0.615. The molecule has 0 saturated carbocycles. The van der Waals surface area contributed by atoms with Crippen molar-refractivity contribution < 1.29 is 14.3 Å². The molecule has 1 amide bonds. The predicted molar refractivity (Wildman–Crippen MR) is 134 cm³/mol. The molecule has 0 radical (unpaired) electrons. The molecular weight excluding hydrogens is 464 g/mol. The van der Waals surface area contributed by atoms with Gasteiger partial charge in [-0.2, -0.15) is 0 Å². The van der Waals surface area contributed by atoms with E-state index in [1.807, 2.05) is 51.6 Å². The first-order chi connectivity index (χ1) is 15.5. The first-order valence-corrected chi connectivity index (χ1v) is 11.9. The average molecular weight is 493 g/mol. The summed E-state index contributed by atoms with van der Waals surface area (Å²) in [6.07, 6.45) is 1.47. The molecule has 2 aromatic heterocycles. The molecule has 1 aliphatic heterocycles. The van der Waals surface area contributed by atoms with Gasteiger partial charge in [0.1, 0.15) is 5.56 Å². The second kappa shape index (κ2) is 11.8. The van der Waals surface area contributed by atoms with Crippen LogP contribution in [0.25, 0.3) is 10.9 Å². The van der Waals surface area contributed by atoms with Crippen LogP contribution in [0.5, 0.6) is 0 Å². The number of fused-ring (bicyclic) bond motifs is 1. The summed E-state index contributed by atoms with van der Waals surface area (Å²) in [6, 6.07) is 11.2. The highest BCUT2D eigenvalue weighted by molar-refractivity contribution is 7.12. The van der Waals surface area contributed by atoms with Crippen LogP contribution in [0.1, 0.15) is 27.0 Å². The minimum Gasteiger partial charge on any atom is -0.462 e. The van der Waals surface area contributed by atoms with Crippen molar-refractivity contribution in [2.24, 2.45) is 7.05 Å². The topological polar surface area (TPSA) is 107 Å². The van der Waals surface area contributed by atoms with Crippen LogP contribution in [0, 0.1) is 0 Å². The molecule has 0 aliphatic carbocycles. The van der Waals surface area contributed by atoms with Crippen molar-refractivity contribution >= 4 is 51.4 Å². The first-order valence-electron chi connectivity index (χ1n) is 10.3. The number of aromatic nitrogens is 1. The summed E-state index contributed by atoms with van der Waals surface area (Å²) in [6.45, 7) is 4.00. The van der Waals surface area contributed by atoms with E-state index >= 15 is 0 Å². The number of para-hydroxylation sites is 1. The summed E-state index contributed by atoms with van der Waals surface area (Å²) in [4.78, 5) is 43.0. The number of hydrogen-bond donors (Lipinski definition) is 1. The van der Waals surface area contributed by atoms with Crippen molar-refractivity contribution in [3.63, 3.8) is 0 Å². The number of hydrogen-bond acceptors (Lipinski definition) is 7. The van der Waals surface area contributed by atoms with Crippen molar-refractivity contribution in [3.05, 3.63) is 62.6 Å². The van der Waals surface area contributed by atoms with Crippen molar-refractivity contribution in [1.29, 1.82) is 0 Å². The molecule has 178 valence electrons. The average Bonchev–Trinajstić information content (AvgIpc) is 3.37. The van der Waals surface area contributed by atoms with Gasteiger partial charge in [-0.25, -0.2) is 4.79 Å². The van der Waals surface area contributed by atoms with Gasteiger partial charge in [0, 0.05) is 45.0 Å². The molecule has 1 aromatic carbocycles. The molecule has 3 aromatic rings. The van der Waals surface area contributed by atoms with E-state index in [1.165, 1.54) is 22.3 Å². The van der Waals surface area contributed by atoms with Gasteiger partial charge in [0.2, 0.25) is 0 Å². The number of alkyl halides is 1. The van der Waals surface area contributed by atoms with Crippen LogP contribution in [0.15, 0.2) is 46.6 Å². The summed E-state index contributed by atoms with van der Waals surface area (Å²) in [5.41, 5.74) is 1.02. The summed E-state index contributed by atoms with van der Waals surface area (Å²) >= 11 is 6.07. The molecule has 4 rings (SSSR count). The maximum Gasteiger partial charge on any atom is 0.345 e. The number of benzene rings is 1. The second-order valence-corrected chi connectivity index (χ2v) is 8.03. The Morgan fingerprint density at radius 2 is 1.73 bits per heavy atom. The number of amides is 1. The number of thiophene rings is 1. The summed E-state index contributed by atoms with van der Waals surface area (Å²) in [5.74, 6) is -0.597. The zero-order valence-corrected chi connectivity index (χ0v) is 20.6. The number of piperazine rings is 1. The third-order valence-electron chi connectivity index (χ3n) is 5.37. The number of anilines is 1. The van der Waals surface area contributed by atoms with Crippen molar-refractivity contribution in [2.45, 2.75) is 6.92 Å². The Balaban J connectivity index is 0.00000125. The molecule has 0 spiro atoms. The van der Waals surface area contributed by atoms with Gasteiger partial charge in [-0.05, 0) is 24.4 Å². The zero-order chi connectivity index (χ0) is 23.3. The van der Waals surface area contributed by atoms with Crippen LogP contribution in [0.2, 0.25) is 0 Å². The van der Waals surface area contributed by atoms with E-state index in [0.717, 1.165) is 15.8 Å². The molecule has 1 fully saturated rings. The number of pyridine rings is 1. The maximum absolute atomic E-state index is 13.1. The van der Waals surface area contributed by atoms with Crippen LogP contribution >= 0.6 is 22.9 Å². The number of carbonyl (C=O) groups excluding carboxylic acids is 2. The highest BCUT2D eigenvalue weighted by atomic mass is 35.5. The molecule has 3 N–H and O–H groups in total. The minimum absolute atomic E-state index is 0. The van der Waals surface area contributed by atoms with Crippen LogP contribution in [0.3, 0.4) is 0 Å². The van der Waals surface area contributed by atoms with Crippen molar-refractivity contribution in [3.8, 4) is 0 Å². The van der Waals surface area contributed by atoms with E-state index in [-0.39, 0.29) is 29.8 Å². The smallest absolute Gasteiger partial charge is 0.345 e. The Morgan fingerprint density at radius 3 is 2.33 bits per heavy atom. The Labute approximate surface area is 201 Å². The Kier molecular flexibility index (Phi) is 9.45. The van der Waals surface area contributed by atoms with E-state index in [9.17, 15) is 14.4 Å². The number of halogens is 1. The van der Waals surface area contributed by atoms with Gasteiger partial charge in [-0.3, -0.25) is 9.59 Å². The Morgan fingerprint density at radius 1 is 1.06 bits per heavy atom. The molecule has 0 bridgehead atoms. The largest absolute Gasteiger partial charge is 0.462 e. The Hall–Kier alpha value is -2.88. The van der Waals surface area contributed by atoms with Crippen molar-refractivity contribution in [2.75, 3.05) is 44.1 Å². The molecule has 1 saturated heterocycles. The van der Waals surface area contributed by atoms with Gasteiger partial charge in [0.25, 0.3) is 11.5 Å². The lowest BCUT2D eigenvalue weighted by atomic mass is 10.1. The number of rotatable bonds is 4. The monoisotopic (exact) mass is 492 g/mol. The van der Waals surface area contributed by atoms with Crippen LogP contribution in [-0.2, 0) is 11.8 Å². The SMILES string of the molecule is CCOC(=O)c1c(N2CCN(C(=O)c3cccs3)CC2)c2ccccc2n(C)c1=O.CCl.N. The van der Waals surface area contributed by atoms with Gasteiger partial charge in [0.05, 0.1) is 22.7 Å². The predicted octanol–water partition coefficient (Wildman–Crippen LogP) is 3.76. The van der Waals surface area contributed by atoms with Crippen LogP contribution in [0.4, 0.5) is 5.69 Å². The second-order valence-electron chi connectivity index (χ2n) is 7.08. The molecular formula is C23H29ClN4O4S. The fraction of sp³-hybridized carbons (Fsp3) is 0.348. The summed E-state index contributed by atoms with van der Waals surface area (Å²) in [7, 11) is 1.66. The molecule has 1 aliphatic rings. The van der Waals surface area contributed by atoms with E-state index in [4.69, 9.17) is 4.74 Å². The number of aryl methyl sites for hydroxylation is 1. The van der Waals surface area contributed by atoms with Gasteiger partial charge in [-0.1, -0.05) is 24.3 Å². The first kappa shape index (κ1) is 26.4. The van der Waals surface area contributed by atoms with E-state index in [0.29, 0.717) is 31.9 Å². The fourth-order valence-electron chi connectivity index (χ4n) is 3.88. The lowest BCUT2D eigenvalue weighted by Gasteiger charge is -2.37.